The number of fused-ring (bicyclic) bond motifs is 1. The van der Waals surface area contributed by atoms with Gasteiger partial charge in [0.05, 0.1) is 12.5 Å². The second kappa shape index (κ2) is 7.46. The average molecular weight is 377 g/mol. The maximum absolute atomic E-state index is 12.5. The number of amides is 3. The first-order chi connectivity index (χ1) is 13.5. The van der Waals surface area contributed by atoms with Crippen molar-refractivity contribution in [3.05, 3.63) is 64.7 Å². The molecule has 3 amide bonds. The number of nitrogens with zero attached hydrogens (tertiary/aromatic N) is 1. The maximum Gasteiger partial charge on any atom is 0.253 e. The van der Waals surface area contributed by atoms with E-state index in [0.717, 1.165) is 37.1 Å². The van der Waals surface area contributed by atoms with E-state index >= 15 is 0 Å². The summed E-state index contributed by atoms with van der Waals surface area (Å²) in [7, 11) is 0. The predicted molar refractivity (Wildman–Crippen MR) is 106 cm³/mol. The summed E-state index contributed by atoms with van der Waals surface area (Å²) in [6.45, 7) is 3.50. The van der Waals surface area contributed by atoms with Crippen molar-refractivity contribution < 1.29 is 14.4 Å². The normalized spacial score (nSPS) is 18.0. The number of anilines is 1. The molecular weight excluding hydrogens is 354 g/mol. The molecule has 4 rings (SSSR count). The average Bonchev–Trinajstić information content (AvgIpc) is 3.32. The fourth-order valence-electron chi connectivity index (χ4n) is 3.91. The van der Waals surface area contributed by atoms with E-state index in [2.05, 4.69) is 10.6 Å². The summed E-state index contributed by atoms with van der Waals surface area (Å²) in [6, 6.07) is 12.4. The topological polar surface area (TPSA) is 78.5 Å². The highest BCUT2D eigenvalue weighted by atomic mass is 16.2. The molecule has 0 spiro atoms. The summed E-state index contributed by atoms with van der Waals surface area (Å²) in [5, 5.41) is 5.76. The second-order valence-electron chi connectivity index (χ2n) is 7.39. The van der Waals surface area contributed by atoms with Crippen molar-refractivity contribution >= 4 is 23.4 Å². The van der Waals surface area contributed by atoms with Crippen LogP contribution in [0.3, 0.4) is 0 Å². The Kier molecular flexibility index (Phi) is 4.86. The Balaban J connectivity index is 1.42. The Hall–Kier alpha value is -3.15. The lowest BCUT2D eigenvalue weighted by Crippen LogP contribution is -2.27. The molecule has 2 aliphatic heterocycles. The largest absolute Gasteiger partial charge is 0.345 e. The molecule has 6 nitrogen and oxygen atoms in total. The molecule has 0 saturated carbocycles. The minimum absolute atomic E-state index is 0.0451. The van der Waals surface area contributed by atoms with Gasteiger partial charge in [-0.3, -0.25) is 14.4 Å². The molecule has 2 heterocycles. The number of hydrogen-bond donors (Lipinski definition) is 2. The number of carbonyl (C=O) groups excluding carboxylic acids is 3. The van der Waals surface area contributed by atoms with Crippen LogP contribution >= 0.6 is 0 Å². The highest BCUT2D eigenvalue weighted by Crippen LogP contribution is 2.28. The Morgan fingerprint density at radius 1 is 1.14 bits per heavy atom. The van der Waals surface area contributed by atoms with Gasteiger partial charge in [-0.25, -0.2) is 0 Å². The molecule has 0 aliphatic carbocycles. The van der Waals surface area contributed by atoms with E-state index in [0.29, 0.717) is 16.8 Å². The number of aryl methyl sites for hydroxylation is 1. The number of benzene rings is 2. The quantitative estimate of drug-likeness (QED) is 0.860. The minimum Gasteiger partial charge on any atom is -0.345 e. The summed E-state index contributed by atoms with van der Waals surface area (Å²) in [6.07, 6.45) is 2.27. The van der Waals surface area contributed by atoms with Gasteiger partial charge in [0, 0.05) is 29.9 Å². The third kappa shape index (κ3) is 3.50. The van der Waals surface area contributed by atoms with Crippen molar-refractivity contribution in [1.82, 2.24) is 10.2 Å². The lowest BCUT2D eigenvalue weighted by atomic mass is 10.0. The van der Waals surface area contributed by atoms with Crippen molar-refractivity contribution in [2.45, 2.75) is 32.2 Å². The van der Waals surface area contributed by atoms with Crippen LogP contribution in [0.5, 0.6) is 0 Å². The predicted octanol–water partition coefficient (Wildman–Crippen LogP) is 3.04. The van der Waals surface area contributed by atoms with E-state index in [4.69, 9.17) is 0 Å². The molecule has 0 aromatic heterocycles. The highest BCUT2D eigenvalue weighted by Gasteiger charge is 2.29. The zero-order valence-electron chi connectivity index (χ0n) is 15.8. The van der Waals surface area contributed by atoms with Crippen LogP contribution in [0.4, 0.5) is 5.69 Å². The zero-order chi connectivity index (χ0) is 19.7. The smallest absolute Gasteiger partial charge is 0.253 e. The highest BCUT2D eigenvalue weighted by molar-refractivity contribution is 6.01. The molecule has 2 N–H and O–H groups in total. The number of likely N-dealkylation sites (tertiary alicyclic amines) is 1. The molecule has 2 aromatic rings. The van der Waals surface area contributed by atoms with Crippen molar-refractivity contribution in [1.29, 1.82) is 0 Å². The van der Waals surface area contributed by atoms with E-state index in [9.17, 15) is 14.4 Å². The van der Waals surface area contributed by atoms with Crippen LogP contribution in [0, 0.1) is 6.92 Å². The standard InChI is InChI=1S/C22H23N3O3/c1-14-12-15(22(28)25-10-4-5-11-25)8-9-18(14)23-20(26)13-19-16-6-2-3-7-17(16)21(27)24-19/h2-3,6-9,12,19H,4-5,10-11,13H2,1H3,(H,23,26)(H,24,27). The first-order valence-corrected chi connectivity index (χ1v) is 9.62. The summed E-state index contributed by atoms with van der Waals surface area (Å²) in [4.78, 5) is 38.9. The monoisotopic (exact) mass is 377 g/mol. The van der Waals surface area contributed by atoms with Gasteiger partial charge in [0.1, 0.15) is 0 Å². The molecule has 1 fully saturated rings. The number of carbonyl (C=O) groups is 3. The van der Waals surface area contributed by atoms with Crippen molar-refractivity contribution in [3.63, 3.8) is 0 Å². The first-order valence-electron chi connectivity index (χ1n) is 9.62. The number of hydrogen-bond acceptors (Lipinski definition) is 3. The Labute approximate surface area is 163 Å². The van der Waals surface area contributed by atoms with Gasteiger partial charge in [0.15, 0.2) is 0 Å². The summed E-state index contributed by atoms with van der Waals surface area (Å²) in [5.41, 5.74) is 3.65. The van der Waals surface area contributed by atoms with Gasteiger partial charge >= 0.3 is 0 Å². The summed E-state index contributed by atoms with van der Waals surface area (Å²) in [5.74, 6) is -0.276. The van der Waals surface area contributed by atoms with E-state index in [1.165, 1.54) is 0 Å². The van der Waals surface area contributed by atoms with Crippen molar-refractivity contribution in [2.24, 2.45) is 0 Å². The first kappa shape index (κ1) is 18.2. The zero-order valence-corrected chi connectivity index (χ0v) is 15.8. The van der Waals surface area contributed by atoms with Crippen molar-refractivity contribution in [3.8, 4) is 0 Å². The Bertz CT molecular complexity index is 948. The van der Waals surface area contributed by atoms with Crippen LogP contribution in [-0.2, 0) is 4.79 Å². The molecular formula is C22H23N3O3. The third-order valence-corrected chi connectivity index (χ3v) is 5.42. The van der Waals surface area contributed by atoms with Gasteiger partial charge in [-0.15, -0.1) is 0 Å². The van der Waals surface area contributed by atoms with Crippen LogP contribution < -0.4 is 10.6 Å². The van der Waals surface area contributed by atoms with Crippen LogP contribution in [0.1, 0.15) is 57.1 Å². The fourth-order valence-corrected chi connectivity index (χ4v) is 3.91. The maximum atomic E-state index is 12.5. The lowest BCUT2D eigenvalue weighted by Gasteiger charge is -2.17. The molecule has 2 aromatic carbocycles. The molecule has 1 unspecified atom stereocenters. The molecule has 1 atom stereocenters. The van der Waals surface area contributed by atoms with Gasteiger partial charge in [-0.2, -0.15) is 0 Å². The summed E-state index contributed by atoms with van der Waals surface area (Å²) >= 11 is 0. The van der Waals surface area contributed by atoms with Gasteiger partial charge in [0.25, 0.3) is 11.8 Å². The number of rotatable bonds is 4. The minimum atomic E-state index is -0.319. The second-order valence-corrected chi connectivity index (χ2v) is 7.39. The number of nitrogens with one attached hydrogen (secondary N) is 2. The van der Waals surface area contributed by atoms with Gasteiger partial charge in [-0.05, 0) is 55.2 Å². The molecule has 144 valence electrons. The Morgan fingerprint density at radius 2 is 1.89 bits per heavy atom. The van der Waals surface area contributed by atoms with E-state index in [-0.39, 0.29) is 30.2 Å². The van der Waals surface area contributed by atoms with E-state index in [1.54, 1.807) is 18.2 Å². The van der Waals surface area contributed by atoms with E-state index in [1.807, 2.05) is 36.1 Å². The van der Waals surface area contributed by atoms with Gasteiger partial charge < -0.3 is 15.5 Å². The fraction of sp³-hybridized carbons (Fsp3) is 0.318. The molecule has 2 aliphatic rings. The molecule has 0 radical (unpaired) electrons. The van der Waals surface area contributed by atoms with Crippen molar-refractivity contribution in [2.75, 3.05) is 18.4 Å². The summed E-state index contributed by atoms with van der Waals surface area (Å²) < 4.78 is 0. The SMILES string of the molecule is Cc1cc(C(=O)N2CCCC2)ccc1NC(=O)CC1NC(=O)c2ccccc21. The van der Waals surface area contributed by atoms with Crippen LogP contribution in [0.25, 0.3) is 0 Å². The van der Waals surface area contributed by atoms with Crippen LogP contribution in [-0.4, -0.2) is 35.7 Å². The van der Waals surface area contributed by atoms with Crippen LogP contribution in [0.2, 0.25) is 0 Å². The van der Waals surface area contributed by atoms with E-state index < -0.39 is 0 Å². The third-order valence-electron chi connectivity index (χ3n) is 5.42. The molecule has 1 saturated heterocycles. The molecule has 6 heteroatoms. The lowest BCUT2D eigenvalue weighted by molar-refractivity contribution is -0.116. The Morgan fingerprint density at radius 3 is 2.64 bits per heavy atom. The van der Waals surface area contributed by atoms with Crippen LogP contribution in [0.15, 0.2) is 42.5 Å². The van der Waals surface area contributed by atoms with Gasteiger partial charge in [0.2, 0.25) is 5.91 Å². The van der Waals surface area contributed by atoms with Gasteiger partial charge in [-0.1, -0.05) is 18.2 Å². The molecule has 28 heavy (non-hydrogen) atoms. The molecule has 0 bridgehead atoms.